The second kappa shape index (κ2) is 9.63. The lowest BCUT2D eigenvalue weighted by atomic mass is 10.1. The Morgan fingerprint density at radius 2 is 1.85 bits per heavy atom. The van der Waals surface area contributed by atoms with Crippen LogP contribution in [0.1, 0.15) is 22.8 Å². The van der Waals surface area contributed by atoms with E-state index in [0.717, 1.165) is 5.56 Å². The Bertz CT molecular complexity index is 814. The maximum atomic E-state index is 12.0. The lowest BCUT2D eigenvalue weighted by Gasteiger charge is -2.11. The Hall–Kier alpha value is -2.79. The zero-order valence-electron chi connectivity index (χ0n) is 14.5. The van der Waals surface area contributed by atoms with Crippen LogP contribution in [0.2, 0.25) is 5.02 Å². The maximum Gasteiger partial charge on any atom is 0.344 e. The van der Waals surface area contributed by atoms with Crippen LogP contribution in [0.5, 0.6) is 11.5 Å². The molecule has 136 valence electrons. The predicted molar refractivity (Wildman–Crippen MR) is 99.9 cm³/mol. The highest BCUT2D eigenvalue weighted by atomic mass is 35.5. The minimum absolute atomic E-state index is 0.309. The van der Waals surface area contributed by atoms with Gasteiger partial charge >= 0.3 is 5.97 Å². The average molecular weight is 375 g/mol. The number of hydrogen-bond donors (Lipinski definition) is 0. The number of benzene rings is 2. The molecule has 0 aliphatic heterocycles. The van der Waals surface area contributed by atoms with Gasteiger partial charge in [0.05, 0.1) is 12.1 Å². The molecule has 0 N–H and O–H groups in total. The van der Waals surface area contributed by atoms with E-state index in [4.69, 9.17) is 25.8 Å². The highest BCUT2D eigenvalue weighted by Gasteiger charge is 2.14. The minimum Gasteiger partial charge on any atom is -0.493 e. The first-order chi connectivity index (χ1) is 12.5. The molecular formula is C20H19ClO5. The predicted octanol–water partition coefficient (Wildman–Crippen LogP) is 4.19. The number of Topliss-reactive ketones (excluding diaryl/α,β-unsaturated/α-hetero) is 1. The number of carbonyl (C=O) groups is 2. The molecule has 2 aromatic rings. The first kappa shape index (κ1) is 19.5. The van der Waals surface area contributed by atoms with Crippen LogP contribution in [-0.2, 0) is 9.53 Å². The number of rotatable bonds is 8. The Balaban J connectivity index is 1.89. The van der Waals surface area contributed by atoms with Crippen molar-refractivity contribution >= 4 is 29.4 Å². The van der Waals surface area contributed by atoms with Crippen molar-refractivity contribution in [2.24, 2.45) is 0 Å². The highest BCUT2D eigenvalue weighted by molar-refractivity contribution is 6.34. The molecule has 6 heteroatoms. The molecule has 0 bridgehead atoms. The molecule has 26 heavy (non-hydrogen) atoms. The van der Waals surface area contributed by atoms with Gasteiger partial charge in [-0.05, 0) is 36.8 Å². The normalized spacial score (nSPS) is 10.6. The van der Waals surface area contributed by atoms with E-state index in [-0.39, 0.29) is 12.4 Å². The van der Waals surface area contributed by atoms with Crippen LogP contribution in [0.4, 0.5) is 0 Å². The van der Waals surface area contributed by atoms with Gasteiger partial charge in [0.15, 0.2) is 24.7 Å². The van der Waals surface area contributed by atoms with Crippen LogP contribution < -0.4 is 9.47 Å². The third-order valence-electron chi connectivity index (χ3n) is 3.43. The number of carbonyl (C=O) groups excluding carboxylic acids is 2. The molecule has 5 nitrogen and oxygen atoms in total. The van der Waals surface area contributed by atoms with Crippen molar-refractivity contribution in [1.82, 2.24) is 0 Å². The third kappa shape index (κ3) is 5.36. The van der Waals surface area contributed by atoms with Gasteiger partial charge < -0.3 is 14.2 Å². The van der Waals surface area contributed by atoms with E-state index in [1.165, 1.54) is 7.11 Å². The van der Waals surface area contributed by atoms with Gasteiger partial charge in [-0.15, -0.1) is 0 Å². The van der Waals surface area contributed by atoms with Crippen molar-refractivity contribution in [1.29, 1.82) is 0 Å². The molecule has 2 aromatic carbocycles. The van der Waals surface area contributed by atoms with E-state index in [2.05, 4.69) is 0 Å². The van der Waals surface area contributed by atoms with E-state index >= 15 is 0 Å². The Kier molecular flexibility index (Phi) is 7.24. The lowest BCUT2D eigenvalue weighted by Crippen LogP contribution is -2.19. The van der Waals surface area contributed by atoms with E-state index in [0.29, 0.717) is 22.1 Å². The molecule has 0 unspecified atom stereocenters. The zero-order chi connectivity index (χ0) is 18.9. The molecule has 0 spiro atoms. The molecule has 0 amide bonds. The van der Waals surface area contributed by atoms with Crippen LogP contribution in [0.15, 0.2) is 48.5 Å². The van der Waals surface area contributed by atoms with Crippen molar-refractivity contribution in [2.45, 2.75) is 6.92 Å². The second-order valence-corrected chi connectivity index (χ2v) is 5.67. The number of ketones is 1. The minimum atomic E-state index is -0.662. The van der Waals surface area contributed by atoms with E-state index in [1.807, 2.05) is 25.1 Å². The second-order valence-electron chi connectivity index (χ2n) is 5.26. The Labute approximate surface area is 157 Å². The zero-order valence-corrected chi connectivity index (χ0v) is 15.3. The fraction of sp³-hybridized carbons (Fsp3) is 0.200. The number of methoxy groups -OCH3 is 1. The summed E-state index contributed by atoms with van der Waals surface area (Å²) in [6.07, 6.45) is 3.82. The van der Waals surface area contributed by atoms with Crippen LogP contribution in [0.25, 0.3) is 6.08 Å². The Morgan fingerprint density at radius 3 is 2.54 bits per heavy atom. The molecule has 0 heterocycles. The van der Waals surface area contributed by atoms with Gasteiger partial charge in [0, 0.05) is 5.56 Å². The number of halogens is 1. The summed E-state index contributed by atoms with van der Waals surface area (Å²) in [5, 5.41) is 0.316. The summed E-state index contributed by atoms with van der Waals surface area (Å²) in [4.78, 5) is 23.8. The summed E-state index contributed by atoms with van der Waals surface area (Å²) in [5.74, 6) is -0.127. The summed E-state index contributed by atoms with van der Waals surface area (Å²) in [6, 6.07) is 11.9. The fourth-order valence-corrected chi connectivity index (χ4v) is 2.43. The van der Waals surface area contributed by atoms with E-state index < -0.39 is 12.6 Å². The molecule has 0 aliphatic carbocycles. The summed E-state index contributed by atoms with van der Waals surface area (Å²) in [5.41, 5.74) is 1.26. The van der Waals surface area contributed by atoms with Crippen molar-refractivity contribution < 1.29 is 23.8 Å². The molecule has 0 saturated heterocycles. The van der Waals surface area contributed by atoms with Crippen LogP contribution in [-0.4, -0.2) is 32.1 Å². The Morgan fingerprint density at radius 1 is 1.08 bits per heavy atom. The van der Waals surface area contributed by atoms with Gasteiger partial charge in [-0.1, -0.05) is 42.0 Å². The van der Waals surface area contributed by atoms with Crippen molar-refractivity contribution in [3.63, 3.8) is 0 Å². The smallest absolute Gasteiger partial charge is 0.344 e. The van der Waals surface area contributed by atoms with Crippen molar-refractivity contribution in [2.75, 3.05) is 20.3 Å². The average Bonchev–Trinajstić information content (AvgIpc) is 2.65. The number of esters is 1. The van der Waals surface area contributed by atoms with Gasteiger partial charge in [0.2, 0.25) is 5.78 Å². The van der Waals surface area contributed by atoms with E-state index in [1.54, 1.807) is 36.4 Å². The molecule has 0 aliphatic rings. The highest BCUT2D eigenvalue weighted by Crippen LogP contribution is 2.28. The first-order valence-corrected chi connectivity index (χ1v) is 8.30. The quantitative estimate of drug-likeness (QED) is 0.512. The number of allylic oxidation sites excluding steroid dienone is 1. The van der Waals surface area contributed by atoms with Crippen LogP contribution in [0, 0.1) is 0 Å². The van der Waals surface area contributed by atoms with Crippen molar-refractivity contribution in [3.8, 4) is 11.5 Å². The SMILES string of the molecule is C/C=C/c1ccc(OCC(=O)OCC(=O)c2ccccc2Cl)c(OC)c1. The van der Waals surface area contributed by atoms with E-state index in [9.17, 15) is 9.59 Å². The summed E-state index contributed by atoms with van der Waals surface area (Å²) in [6.45, 7) is 1.18. The molecule has 0 aromatic heterocycles. The van der Waals surface area contributed by atoms with Gasteiger partial charge in [-0.3, -0.25) is 4.79 Å². The number of ether oxygens (including phenoxy) is 3. The molecule has 0 radical (unpaired) electrons. The molecule has 0 saturated carbocycles. The lowest BCUT2D eigenvalue weighted by molar-refractivity contribution is -0.144. The van der Waals surface area contributed by atoms with Gasteiger partial charge in [-0.2, -0.15) is 0 Å². The summed E-state index contributed by atoms with van der Waals surface area (Å²) < 4.78 is 15.6. The molecule has 2 rings (SSSR count). The van der Waals surface area contributed by atoms with Gasteiger partial charge in [0.1, 0.15) is 0 Å². The van der Waals surface area contributed by atoms with Crippen LogP contribution in [0.3, 0.4) is 0 Å². The fourth-order valence-electron chi connectivity index (χ4n) is 2.19. The molecular weight excluding hydrogens is 356 g/mol. The monoisotopic (exact) mass is 374 g/mol. The molecule has 0 atom stereocenters. The number of hydrogen-bond acceptors (Lipinski definition) is 5. The van der Waals surface area contributed by atoms with Crippen LogP contribution >= 0.6 is 11.6 Å². The van der Waals surface area contributed by atoms with Gasteiger partial charge in [-0.25, -0.2) is 4.79 Å². The van der Waals surface area contributed by atoms with Crippen molar-refractivity contribution in [3.05, 3.63) is 64.7 Å². The standard InChI is InChI=1S/C20H19ClO5/c1-3-6-14-9-10-18(19(11-14)24-2)25-13-20(23)26-12-17(22)15-7-4-5-8-16(15)21/h3-11H,12-13H2,1-2H3/b6-3+. The van der Waals surface area contributed by atoms with Gasteiger partial charge in [0.25, 0.3) is 0 Å². The largest absolute Gasteiger partial charge is 0.493 e. The summed E-state index contributed by atoms with van der Waals surface area (Å²) >= 11 is 5.94. The third-order valence-corrected chi connectivity index (χ3v) is 3.76. The maximum absolute atomic E-state index is 12.0. The first-order valence-electron chi connectivity index (χ1n) is 7.92. The topological polar surface area (TPSA) is 61.8 Å². The summed E-state index contributed by atoms with van der Waals surface area (Å²) in [7, 11) is 1.52. The molecule has 0 fully saturated rings.